The molecule has 9 nitrogen and oxygen atoms in total. The Kier molecular flexibility index (Phi) is 6.71. The number of aromatic nitrogens is 2. The fraction of sp³-hybridized carbons (Fsp3) is 0.348. The van der Waals surface area contributed by atoms with E-state index in [0.717, 1.165) is 43.3 Å². The lowest BCUT2D eigenvalue weighted by molar-refractivity contribution is 0.121. The minimum atomic E-state index is 0.617. The highest BCUT2D eigenvalue weighted by molar-refractivity contribution is 6.30. The first-order valence-electron chi connectivity index (χ1n) is 10.9. The monoisotopic (exact) mass is 468 g/mol. The fourth-order valence-corrected chi connectivity index (χ4v) is 3.91. The second-order valence-corrected chi connectivity index (χ2v) is 8.13. The van der Waals surface area contributed by atoms with E-state index in [9.17, 15) is 0 Å². The summed E-state index contributed by atoms with van der Waals surface area (Å²) in [7, 11) is 0. The number of nitrogens with zero attached hydrogens (tertiary/aromatic N) is 5. The van der Waals surface area contributed by atoms with Gasteiger partial charge in [-0.3, -0.25) is 5.43 Å². The van der Waals surface area contributed by atoms with Gasteiger partial charge in [0.25, 0.3) is 0 Å². The van der Waals surface area contributed by atoms with Crippen molar-refractivity contribution in [3.63, 3.8) is 0 Å². The topological polar surface area (TPSA) is 88.2 Å². The average Bonchev–Trinajstić information content (AvgIpc) is 3.34. The number of ether oxygens (including phenoxy) is 2. The van der Waals surface area contributed by atoms with Gasteiger partial charge >= 0.3 is 0 Å². The van der Waals surface area contributed by atoms with Crippen LogP contribution in [0.25, 0.3) is 11.3 Å². The van der Waals surface area contributed by atoms with Gasteiger partial charge in [0.15, 0.2) is 5.82 Å². The maximum atomic E-state index is 6.08. The number of halogens is 1. The first-order chi connectivity index (χ1) is 16.2. The molecule has 2 aliphatic heterocycles. The van der Waals surface area contributed by atoms with Crippen LogP contribution in [0.3, 0.4) is 0 Å². The van der Waals surface area contributed by atoms with Crippen LogP contribution in [-0.2, 0) is 9.47 Å². The largest absolute Gasteiger partial charge is 0.455 e. The molecule has 0 saturated carbocycles. The summed E-state index contributed by atoms with van der Waals surface area (Å²) in [5.74, 6) is 3.49. The zero-order chi connectivity index (χ0) is 22.5. The molecule has 33 heavy (non-hydrogen) atoms. The van der Waals surface area contributed by atoms with E-state index in [4.69, 9.17) is 30.5 Å². The summed E-state index contributed by atoms with van der Waals surface area (Å²) < 4.78 is 16.8. The van der Waals surface area contributed by atoms with E-state index in [0.29, 0.717) is 49.0 Å². The van der Waals surface area contributed by atoms with Crippen LogP contribution >= 0.6 is 11.6 Å². The second kappa shape index (κ2) is 10.2. The molecule has 172 valence electrons. The van der Waals surface area contributed by atoms with Crippen molar-refractivity contribution < 1.29 is 13.9 Å². The Balaban J connectivity index is 1.33. The Morgan fingerprint density at radius 2 is 1.67 bits per heavy atom. The van der Waals surface area contributed by atoms with E-state index < -0.39 is 0 Å². The molecule has 0 bridgehead atoms. The number of morpholine rings is 2. The summed E-state index contributed by atoms with van der Waals surface area (Å²) in [6.45, 7) is 5.80. The van der Waals surface area contributed by atoms with E-state index in [1.165, 1.54) is 0 Å². The third-order valence-electron chi connectivity index (χ3n) is 5.44. The predicted octanol–water partition coefficient (Wildman–Crippen LogP) is 3.51. The van der Waals surface area contributed by atoms with Gasteiger partial charge in [0.2, 0.25) is 5.95 Å². The molecule has 0 spiro atoms. The van der Waals surface area contributed by atoms with Crippen LogP contribution < -0.4 is 15.2 Å². The lowest BCUT2D eigenvalue weighted by atomic mass is 10.2. The van der Waals surface area contributed by atoms with Gasteiger partial charge in [-0.2, -0.15) is 15.1 Å². The smallest absolute Gasteiger partial charge is 0.229 e. The van der Waals surface area contributed by atoms with Gasteiger partial charge in [0.05, 0.1) is 32.6 Å². The Labute approximate surface area is 197 Å². The molecular formula is C23H25ClN6O3. The lowest BCUT2D eigenvalue weighted by Gasteiger charge is -2.31. The first-order valence-corrected chi connectivity index (χ1v) is 11.3. The number of hydrogen-bond donors (Lipinski definition) is 1. The maximum Gasteiger partial charge on any atom is 0.229 e. The fourth-order valence-electron chi connectivity index (χ4n) is 3.72. The molecule has 0 unspecified atom stereocenters. The van der Waals surface area contributed by atoms with Crippen molar-refractivity contribution in [1.82, 2.24) is 9.97 Å². The van der Waals surface area contributed by atoms with Gasteiger partial charge in [-0.25, -0.2) is 0 Å². The van der Waals surface area contributed by atoms with Gasteiger partial charge in [-0.15, -0.1) is 0 Å². The highest BCUT2D eigenvalue weighted by atomic mass is 35.5. The van der Waals surface area contributed by atoms with Crippen molar-refractivity contribution in [3.8, 4) is 11.3 Å². The maximum absolute atomic E-state index is 6.08. The molecular weight excluding hydrogens is 444 g/mol. The van der Waals surface area contributed by atoms with Crippen LogP contribution in [0.2, 0.25) is 5.02 Å². The summed E-state index contributed by atoms with van der Waals surface area (Å²) in [5, 5.41) is 5.00. The van der Waals surface area contributed by atoms with Crippen LogP contribution in [-0.4, -0.2) is 68.8 Å². The van der Waals surface area contributed by atoms with E-state index >= 15 is 0 Å². The van der Waals surface area contributed by atoms with Gasteiger partial charge in [-0.05, 0) is 24.3 Å². The molecule has 3 aromatic rings. The second-order valence-electron chi connectivity index (χ2n) is 7.69. The van der Waals surface area contributed by atoms with E-state index in [2.05, 4.69) is 25.3 Å². The van der Waals surface area contributed by atoms with Crippen LogP contribution in [0, 0.1) is 0 Å². The summed E-state index contributed by atoms with van der Waals surface area (Å²) in [6.07, 6.45) is 1.62. The highest BCUT2D eigenvalue weighted by Gasteiger charge is 2.19. The summed E-state index contributed by atoms with van der Waals surface area (Å²) in [6, 6.07) is 13.2. The number of nitrogens with one attached hydrogen (secondary N) is 1. The van der Waals surface area contributed by atoms with Crippen molar-refractivity contribution in [1.29, 1.82) is 0 Å². The molecule has 0 atom stereocenters. The Morgan fingerprint density at radius 1 is 0.909 bits per heavy atom. The highest BCUT2D eigenvalue weighted by Crippen LogP contribution is 2.25. The van der Waals surface area contributed by atoms with Crippen molar-refractivity contribution in [2.24, 2.45) is 5.10 Å². The van der Waals surface area contributed by atoms with Crippen LogP contribution in [0.1, 0.15) is 5.76 Å². The number of hydrogen-bond acceptors (Lipinski definition) is 9. The normalized spacial score (nSPS) is 17.0. The zero-order valence-electron chi connectivity index (χ0n) is 18.1. The van der Waals surface area contributed by atoms with E-state index in [1.54, 1.807) is 6.21 Å². The van der Waals surface area contributed by atoms with Gasteiger partial charge in [-0.1, -0.05) is 23.7 Å². The summed E-state index contributed by atoms with van der Waals surface area (Å²) >= 11 is 6.08. The lowest BCUT2D eigenvalue weighted by Crippen LogP contribution is -2.39. The Bertz CT molecular complexity index is 1070. The van der Waals surface area contributed by atoms with Crippen LogP contribution in [0.15, 0.2) is 52.0 Å². The van der Waals surface area contributed by atoms with E-state index in [1.807, 2.05) is 42.5 Å². The number of hydrazone groups is 1. The quantitative estimate of drug-likeness (QED) is 0.434. The minimum Gasteiger partial charge on any atom is -0.455 e. The zero-order valence-corrected chi connectivity index (χ0v) is 18.9. The molecule has 2 saturated heterocycles. The molecule has 0 aliphatic carbocycles. The van der Waals surface area contributed by atoms with Crippen molar-refractivity contribution >= 4 is 35.4 Å². The molecule has 5 rings (SSSR count). The number of rotatable bonds is 6. The molecule has 1 N–H and O–H groups in total. The molecule has 4 heterocycles. The van der Waals surface area contributed by atoms with Crippen molar-refractivity contribution in [2.45, 2.75) is 0 Å². The average molecular weight is 469 g/mol. The third kappa shape index (κ3) is 5.44. The van der Waals surface area contributed by atoms with Crippen molar-refractivity contribution in [2.75, 3.05) is 67.8 Å². The van der Waals surface area contributed by atoms with Gasteiger partial charge in [0.1, 0.15) is 17.3 Å². The predicted molar refractivity (Wildman–Crippen MR) is 128 cm³/mol. The molecule has 10 heteroatoms. The van der Waals surface area contributed by atoms with E-state index in [-0.39, 0.29) is 0 Å². The SMILES string of the molecule is Clc1cccc(-c2ccc(/C=N\Nc3cc(N4CCOCC4)nc(N4CCOCC4)n3)o2)c1. The van der Waals surface area contributed by atoms with Crippen molar-refractivity contribution in [3.05, 3.63) is 53.2 Å². The molecule has 2 aliphatic rings. The number of benzene rings is 1. The number of anilines is 3. The molecule has 1 aromatic carbocycles. The van der Waals surface area contributed by atoms with Gasteiger partial charge in [0, 0.05) is 42.8 Å². The Hall–Kier alpha value is -3.14. The van der Waals surface area contributed by atoms with Gasteiger partial charge < -0.3 is 23.7 Å². The van der Waals surface area contributed by atoms with Crippen LogP contribution in [0.4, 0.5) is 17.6 Å². The molecule has 0 amide bonds. The van der Waals surface area contributed by atoms with Crippen LogP contribution in [0.5, 0.6) is 0 Å². The third-order valence-corrected chi connectivity index (χ3v) is 5.67. The number of furan rings is 1. The molecule has 0 radical (unpaired) electrons. The summed E-state index contributed by atoms with van der Waals surface area (Å²) in [5.41, 5.74) is 3.94. The standard InChI is InChI=1S/C23H25ClN6O3/c24-18-3-1-2-17(14-18)20-5-4-19(33-20)16-25-28-21-15-22(29-6-10-31-11-7-29)27-23(26-21)30-8-12-32-13-9-30/h1-5,14-16H,6-13H2,(H,26,27,28)/b25-16-. The Morgan fingerprint density at radius 3 is 2.42 bits per heavy atom. The first kappa shape index (κ1) is 21.7. The molecule has 2 fully saturated rings. The minimum absolute atomic E-state index is 0.617. The summed E-state index contributed by atoms with van der Waals surface area (Å²) in [4.78, 5) is 13.8. The molecule has 2 aromatic heterocycles.